The standard InChI is InChI=1S/C33H47N3O4S/c1-5-17-34(18-6-2)30(38)27-26-22-24(4)33(41-26)28(27)31(39)36(20-13-8-9-14-21-37)29(33)32(40)35(19-7-3)23-25-15-11-10-12-16-25/h5,7,10-12,15-16,24,26-29,37H,1,3,6,8-9,13-14,17-23H2,2,4H3/t24?,26-,27+,28-,29?,33?/m0/s1. The lowest BCUT2D eigenvalue weighted by Gasteiger charge is -2.41. The summed E-state index contributed by atoms with van der Waals surface area (Å²) >= 11 is 1.74. The summed E-state index contributed by atoms with van der Waals surface area (Å²) in [5.41, 5.74) is 1.03. The highest BCUT2D eigenvalue weighted by Crippen LogP contribution is 2.69. The zero-order valence-electron chi connectivity index (χ0n) is 24.7. The molecule has 1 aromatic rings. The summed E-state index contributed by atoms with van der Waals surface area (Å²) in [5, 5.41) is 9.24. The molecule has 1 spiro atoms. The number of carbonyl (C=O) groups excluding carboxylic acids is 3. The molecule has 3 fully saturated rings. The molecule has 3 unspecified atom stereocenters. The molecule has 0 saturated carbocycles. The molecule has 3 aliphatic rings. The van der Waals surface area contributed by atoms with Crippen molar-refractivity contribution in [2.24, 2.45) is 17.8 Å². The minimum absolute atomic E-state index is 0.0274. The number of aliphatic hydroxyl groups excluding tert-OH is 1. The van der Waals surface area contributed by atoms with Crippen LogP contribution in [0, 0.1) is 17.8 Å². The van der Waals surface area contributed by atoms with E-state index in [1.807, 2.05) is 45.0 Å². The van der Waals surface area contributed by atoms with Gasteiger partial charge in [0.05, 0.1) is 16.6 Å². The van der Waals surface area contributed by atoms with Crippen molar-refractivity contribution in [1.82, 2.24) is 14.7 Å². The topological polar surface area (TPSA) is 81.2 Å². The van der Waals surface area contributed by atoms with E-state index in [-0.39, 0.29) is 35.5 Å². The summed E-state index contributed by atoms with van der Waals surface area (Å²) in [4.78, 5) is 48.6. The van der Waals surface area contributed by atoms with Crippen molar-refractivity contribution in [3.05, 3.63) is 61.2 Å². The van der Waals surface area contributed by atoms with Gasteiger partial charge in [-0.1, -0.05) is 69.2 Å². The number of thioether (sulfide) groups is 1. The molecule has 224 valence electrons. The zero-order chi connectivity index (χ0) is 29.6. The molecule has 4 rings (SSSR count). The first-order valence-electron chi connectivity index (χ1n) is 15.3. The molecule has 3 heterocycles. The van der Waals surface area contributed by atoms with E-state index < -0.39 is 22.6 Å². The molecular weight excluding hydrogens is 534 g/mol. The van der Waals surface area contributed by atoms with Crippen LogP contribution in [0.4, 0.5) is 0 Å². The van der Waals surface area contributed by atoms with Crippen LogP contribution in [-0.2, 0) is 20.9 Å². The number of amides is 3. The van der Waals surface area contributed by atoms with Crippen LogP contribution in [0.3, 0.4) is 0 Å². The molecule has 3 aliphatic heterocycles. The van der Waals surface area contributed by atoms with Crippen LogP contribution in [0.1, 0.15) is 57.9 Å². The Morgan fingerprint density at radius 2 is 1.76 bits per heavy atom. The molecule has 8 heteroatoms. The molecule has 3 saturated heterocycles. The smallest absolute Gasteiger partial charge is 0.247 e. The van der Waals surface area contributed by atoms with E-state index in [4.69, 9.17) is 0 Å². The van der Waals surface area contributed by atoms with E-state index >= 15 is 0 Å². The molecule has 0 aliphatic carbocycles. The van der Waals surface area contributed by atoms with Crippen LogP contribution in [0.5, 0.6) is 0 Å². The average Bonchev–Trinajstić information content (AvgIpc) is 3.56. The Balaban J connectivity index is 1.71. The Kier molecular flexibility index (Phi) is 10.8. The summed E-state index contributed by atoms with van der Waals surface area (Å²) in [6.07, 6.45) is 8.41. The normalized spacial score (nSPS) is 28.0. The van der Waals surface area contributed by atoms with E-state index in [1.165, 1.54) is 0 Å². The van der Waals surface area contributed by atoms with Gasteiger partial charge in [-0.15, -0.1) is 24.9 Å². The number of hydrogen-bond donors (Lipinski definition) is 1. The van der Waals surface area contributed by atoms with E-state index in [0.717, 1.165) is 44.1 Å². The van der Waals surface area contributed by atoms with Gasteiger partial charge in [0.25, 0.3) is 0 Å². The van der Waals surface area contributed by atoms with Gasteiger partial charge in [-0.25, -0.2) is 0 Å². The van der Waals surface area contributed by atoms with Crippen molar-refractivity contribution in [1.29, 1.82) is 0 Å². The van der Waals surface area contributed by atoms with E-state index in [9.17, 15) is 19.5 Å². The van der Waals surface area contributed by atoms with Crippen LogP contribution in [0.2, 0.25) is 0 Å². The number of likely N-dealkylation sites (tertiary alicyclic amines) is 1. The van der Waals surface area contributed by atoms with Gasteiger partial charge in [0.1, 0.15) is 6.04 Å². The van der Waals surface area contributed by atoms with Gasteiger partial charge in [-0.05, 0) is 37.2 Å². The lowest BCUT2D eigenvalue weighted by molar-refractivity contribution is -0.145. The molecular formula is C33H47N3O4S. The minimum atomic E-state index is -0.633. The molecule has 6 atom stereocenters. The molecule has 0 aromatic heterocycles. The lowest BCUT2D eigenvalue weighted by atomic mass is 9.65. The van der Waals surface area contributed by atoms with Gasteiger partial charge < -0.3 is 19.8 Å². The number of aliphatic hydroxyl groups is 1. The van der Waals surface area contributed by atoms with Gasteiger partial charge in [0.2, 0.25) is 17.7 Å². The molecule has 1 aromatic carbocycles. The third kappa shape index (κ3) is 6.00. The third-order valence-electron chi connectivity index (χ3n) is 9.10. The second-order valence-electron chi connectivity index (χ2n) is 11.8. The van der Waals surface area contributed by atoms with Crippen molar-refractivity contribution < 1.29 is 19.5 Å². The van der Waals surface area contributed by atoms with Crippen molar-refractivity contribution in [2.75, 3.05) is 32.8 Å². The third-order valence-corrected chi connectivity index (χ3v) is 11.2. The van der Waals surface area contributed by atoms with Gasteiger partial charge in [0.15, 0.2) is 0 Å². The Labute approximate surface area is 250 Å². The summed E-state index contributed by atoms with van der Waals surface area (Å²) in [6, 6.07) is 9.30. The van der Waals surface area contributed by atoms with Crippen LogP contribution in [0.15, 0.2) is 55.6 Å². The fourth-order valence-corrected chi connectivity index (χ4v) is 9.77. The number of unbranched alkanes of at least 4 members (excludes halogenated alkanes) is 3. The largest absolute Gasteiger partial charge is 0.396 e. The van der Waals surface area contributed by atoms with Gasteiger partial charge in [-0.2, -0.15) is 0 Å². The van der Waals surface area contributed by atoms with Crippen molar-refractivity contribution >= 4 is 29.5 Å². The molecule has 0 radical (unpaired) electrons. The summed E-state index contributed by atoms with van der Waals surface area (Å²) in [6.45, 7) is 14.6. The predicted molar refractivity (Wildman–Crippen MR) is 165 cm³/mol. The number of hydrogen-bond acceptors (Lipinski definition) is 5. The molecule has 41 heavy (non-hydrogen) atoms. The van der Waals surface area contributed by atoms with Crippen LogP contribution < -0.4 is 0 Å². The molecule has 3 amide bonds. The Morgan fingerprint density at radius 3 is 2.41 bits per heavy atom. The first-order valence-corrected chi connectivity index (χ1v) is 16.2. The molecule has 1 N–H and O–H groups in total. The maximum Gasteiger partial charge on any atom is 0.247 e. The maximum absolute atomic E-state index is 14.6. The van der Waals surface area contributed by atoms with Gasteiger partial charge in [0, 0.05) is 44.6 Å². The number of fused-ring (bicyclic) bond motifs is 1. The van der Waals surface area contributed by atoms with Crippen molar-refractivity contribution in [3.63, 3.8) is 0 Å². The quantitative estimate of drug-likeness (QED) is 0.229. The Bertz CT molecular complexity index is 1100. The van der Waals surface area contributed by atoms with Crippen LogP contribution >= 0.6 is 11.8 Å². The molecule has 7 nitrogen and oxygen atoms in total. The SMILES string of the molecule is C=CCN(Cc1ccccc1)C(=O)C1N(CCCCCCO)C(=O)[C@@H]2[C@H](C(=O)N(CC=C)CCC)[C@@H]3CC(C)C12S3. The Morgan fingerprint density at radius 1 is 1.07 bits per heavy atom. The summed E-state index contributed by atoms with van der Waals surface area (Å²) in [5.74, 6) is -0.869. The van der Waals surface area contributed by atoms with E-state index in [0.29, 0.717) is 32.7 Å². The highest BCUT2D eigenvalue weighted by molar-refractivity contribution is 8.02. The summed E-state index contributed by atoms with van der Waals surface area (Å²) < 4.78 is -0.633. The Hall–Kier alpha value is -2.58. The van der Waals surface area contributed by atoms with E-state index in [1.54, 1.807) is 23.9 Å². The highest BCUT2D eigenvalue weighted by atomic mass is 32.2. The zero-order valence-corrected chi connectivity index (χ0v) is 25.6. The lowest BCUT2D eigenvalue weighted by Crippen LogP contribution is -2.57. The second kappa shape index (κ2) is 14.1. The first-order chi connectivity index (χ1) is 19.8. The van der Waals surface area contributed by atoms with Crippen LogP contribution in [-0.4, -0.2) is 86.4 Å². The number of carbonyl (C=O) groups is 3. The predicted octanol–water partition coefficient (Wildman–Crippen LogP) is 4.52. The van der Waals surface area contributed by atoms with Crippen molar-refractivity contribution in [2.45, 2.75) is 75.0 Å². The number of rotatable bonds is 16. The van der Waals surface area contributed by atoms with Crippen molar-refractivity contribution in [3.8, 4) is 0 Å². The number of benzene rings is 1. The monoisotopic (exact) mass is 581 g/mol. The first kappa shape index (κ1) is 31.4. The van der Waals surface area contributed by atoms with E-state index in [2.05, 4.69) is 27.0 Å². The fourth-order valence-electron chi connectivity index (χ4n) is 7.36. The average molecular weight is 582 g/mol. The highest BCUT2D eigenvalue weighted by Gasteiger charge is 2.76. The maximum atomic E-state index is 14.6. The fraction of sp³-hybridized carbons (Fsp3) is 0.606. The molecule has 2 bridgehead atoms. The van der Waals surface area contributed by atoms with Gasteiger partial charge in [-0.3, -0.25) is 14.4 Å². The van der Waals surface area contributed by atoms with Gasteiger partial charge >= 0.3 is 0 Å². The number of nitrogens with zero attached hydrogens (tertiary/aromatic N) is 3. The summed E-state index contributed by atoms with van der Waals surface area (Å²) in [7, 11) is 0. The minimum Gasteiger partial charge on any atom is -0.396 e. The second-order valence-corrected chi connectivity index (χ2v) is 13.3. The van der Waals surface area contributed by atoms with Crippen LogP contribution in [0.25, 0.3) is 0 Å².